The van der Waals surface area contributed by atoms with E-state index < -0.39 is 29.4 Å². The lowest BCUT2D eigenvalue weighted by Gasteiger charge is -2.44. The maximum Gasteiger partial charge on any atom is 0.373 e. The molecule has 2 saturated carbocycles. The molecule has 9 heteroatoms. The number of hydrogen-bond acceptors (Lipinski definition) is 6. The topological polar surface area (TPSA) is 89.9 Å². The van der Waals surface area contributed by atoms with Crippen molar-refractivity contribution >= 4 is 40.5 Å². The molecule has 0 radical (unpaired) electrons. The summed E-state index contributed by atoms with van der Waals surface area (Å²) in [6.45, 7) is 29.5. The summed E-state index contributed by atoms with van der Waals surface area (Å²) in [5.41, 5.74) is 0.875. The molecule has 51 heavy (non-hydrogen) atoms. The summed E-state index contributed by atoms with van der Waals surface area (Å²) in [6, 6.07) is 20.0. The minimum Gasteiger partial charge on any atom is -0.414 e. The van der Waals surface area contributed by atoms with Crippen LogP contribution in [0.25, 0.3) is 0 Å². The third kappa shape index (κ3) is 13.8. The Balaban J connectivity index is 0.000000380. The molecule has 286 valence electrons. The highest BCUT2D eigenvalue weighted by Crippen LogP contribution is 2.46. The Kier molecular flexibility index (Phi) is 16.4. The van der Waals surface area contributed by atoms with E-state index >= 15 is 0 Å². The average Bonchev–Trinajstić information content (AvgIpc) is 2.98. The zero-order valence-electron chi connectivity index (χ0n) is 34.0. The van der Waals surface area contributed by atoms with Crippen LogP contribution in [0.4, 0.5) is 0 Å². The number of benzene rings is 2. The fourth-order valence-electron chi connectivity index (χ4n) is 6.87. The van der Waals surface area contributed by atoms with Gasteiger partial charge in [0.2, 0.25) is 0 Å². The van der Waals surface area contributed by atoms with Crippen molar-refractivity contribution in [2.24, 2.45) is 11.8 Å². The minimum absolute atomic E-state index is 0.216. The molecule has 0 spiro atoms. The summed E-state index contributed by atoms with van der Waals surface area (Å²) < 4.78 is 27.5. The van der Waals surface area contributed by atoms with Crippen LogP contribution in [0.1, 0.15) is 101 Å². The van der Waals surface area contributed by atoms with Crippen LogP contribution in [0.3, 0.4) is 0 Å². The van der Waals surface area contributed by atoms with Crippen LogP contribution in [0.2, 0.25) is 36.3 Å². The van der Waals surface area contributed by atoms with Gasteiger partial charge in [0.15, 0.2) is 16.6 Å². The van der Waals surface area contributed by atoms with Crippen LogP contribution in [-0.4, -0.2) is 51.9 Å². The van der Waals surface area contributed by atoms with Crippen LogP contribution >= 0.6 is 7.14 Å². The molecule has 0 amide bonds. The molecule has 0 saturated heterocycles. The van der Waals surface area contributed by atoms with E-state index in [0.717, 1.165) is 49.1 Å². The zero-order valence-corrected chi connectivity index (χ0v) is 36.9. The molecule has 1 N–H and O–H groups in total. The van der Waals surface area contributed by atoms with E-state index in [4.69, 9.17) is 18.4 Å². The highest BCUT2D eigenvalue weighted by atomic mass is 31.2. The van der Waals surface area contributed by atoms with Gasteiger partial charge in [0.05, 0.1) is 5.60 Å². The molecule has 0 aliphatic heterocycles. The molecular formula is C42H69O6PSi2. The normalized spacial score (nSPS) is 25.5. The van der Waals surface area contributed by atoms with Gasteiger partial charge in [-0.25, -0.2) is 0 Å². The van der Waals surface area contributed by atoms with Gasteiger partial charge in [-0.2, -0.15) is 9.59 Å². The monoisotopic (exact) mass is 756 g/mol. The first-order chi connectivity index (χ1) is 23.4. The zero-order chi connectivity index (χ0) is 38.9. The molecule has 2 aliphatic carbocycles. The van der Waals surface area contributed by atoms with Gasteiger partial charge < -0.3 is 18.5 Å². The maximum absolute atomic E-state index is 14.3. The van der Waals surface area contributed by atoms with E-state index in [0.29, 0.717) is 18.0 Å². The first-order valence-electron chi connectivity index (χ1n) is 18.8. The summed E-state index contributed by atoms with van der Waals surface area (Å²) in [4.78, 5) is 16.2. The first-order valence-corrected chi connectivity index (χ1v) is 26.5. The second-order valence-electron chi connectivity index (χ2n) is 18.5. The van der Waals surface area contributed by atoms with Gasteiger partial charge in [0.1, 0.15) is 7.14 Å². The standard InChI is InChI=1S/C27H39O2PSi.C14H30O2Si.CO2/c1-22-19-23(21-24(20-22)29-31(5,6)27(2,3)4)17-18-30(28,25-13-9-7-10-14-25)26-15-11-8-12-16-26;1-11-8-12(10-14(5,15)9-11)16-17(6,7)13(2,3)4;2-1-3/h7-17,22,24H,18-21H2,1-6H3;11-12,15H,8-10H2,1-7H3;/b23-17-;;/t22-,24+;11-,12-,14+;/m10./s1. The molecule has 0 unspecified atom stereocenters. The fraction of sp³-hybridized carbons (Fsp3) is 0.643. The van der Waals surface area contributed by atoms with Crippen molar-refractivity contribution in [1.82, 2.24) is 0 Å². The maximum atomic E-state index is 14.3. The molecule has 6 nitrogen and oxygen atoms in total. The van der Waals surface area contributed by atoms with Crippen LogP contribution < -0.4 is 10.6 Å². The van der Waals surface area contributed by atoms with Gasteiger partial charge in [-0.1, -0.05) is 128 Å². The highest BCUT2D eigenvalue weighted by Gasteiger charge is 2.43. The van der Waals surface area contributed by atoms with Crippen LogP contribution in [-0.2, 0) is 23.0 Å². The Morgan fingerprint density at radius 1 is 0.765 bits per heavy atom. The number of allylic oxidation sites excluding steroid dienone is 1. The minimum atomic E-state index is -2.71. The second kappa shape index (κ2) is 18.4. The lowest BCUT2D eigenvalue weighted by atomic mass is 9.79. The van der Waals surface area contributed by atoms with Crippen LogP contribution in [0.5, 0.6) is 0 Å². The van der Waals surface area contributed by atoms with Gasteiger partial charge >= 0.3 is 6.15 Å². The molecule has 0 heterocycles. The van der Waals surface area contributed by atoms with Crippen molar-refractivity contribution in [2.45, 2.75) is 155 Å². The summed E-state index contributed by atoms with van der Waals surface area (Å²) >= 11 is 0. The molecule has 0 bridgehead atoms. The number of hydrogen-bond donors (Lipinski definition) is 1. The average molecular weight is 757 g/mol. The molecule has 0 aromatic heterocycles. The third-order valence-corrected chi connectivity index (χ3v) is 23.4. The predicted molar refractivity (Wildman–Crippen MR) is 219 cm³/mol. The number of rotatable bonds is 8. The lowest BCUT2D eigenvalue weighted by molar-refractivity contribution is -0.191. The highest BCUT2D eigenvalue weighted by molar-refractivity contribution is 7.78. The van der Waals surface area contributed by atoms with Gasteiger partial charge in [0.25, 0.3) is 0 Å². The molecule has 4 rings (SSSR count). The van der Waals surface area contributed by atoms with Crippen molar-refractivity contribution in [3.8, 4) is 0 Å². The van der Waals surface area contributed by atoms with Crippen molar-refractivity contribution in [2.75, 3.05) is 6.16 Å². The lowest BCUT2D eigenvalue weighted by Crippen LogP contribution is -2.48. The van der Waals surface area contributed by atoms with Gasteiger partial charge in [0, 0.05) is 35.4 Å². The number of aliphatic hydroxyl groups is 1. The van der Waals surface area contributed by atoms with Crippen molar-refractivity contribution in [3.05, 3.63) is 72.3 Å². The van der Waals surface area contributed by atoms with E-state index in [1.54, 1.807) is 0 Å². The SMILES string of the molecule is C[C@@H]1C/C(=C/CP(=O)(c2ccccc2)c2ccccc2)C[C@@H](O[Si](C)(C)C(C)(C)C)C1.C[C@H]1C[C@H](O[Si](C)(C)C(C)(C)C)C[C@](C)(O)C1.O=C=O. The summed E-state index contributed by atoms with van der Waals surface area (Å²) in [5, 5.41) is 12.6. The Bertz CT molecular complexity index is 1420. The predicted octanol–water partition coefficient (Wildman–Crippen LogP) is 10.5. The second-order valence-corrected chi connectivity index (χ2v) is 30.9. The number of carbonyl (C=O) groups excluding carboxylic acids is 2. The first kappa shape index (κ1) is 45.3. The third-order valence-electron chi connectivity index (χ3n) is 11.4. The molecular weight excluding hydrogens is 688 g/mol. The summed E-state index contributed by atoms with van der Waals surface area (Å²) in [7, 11) is -6.20. The largest absolute Gasteiger partial charge is 0.414 e. The Morgan fingerprint density at radius 3 is 1.59 bits per heavy atom. The van der Waals surface area contributed by atoms with Crippen molar-refractivity contribution < 1.29 is 28.1 Å². The van der Waals surface area contributed by atoms with Gasteiger partial charge in [-0.15, -0.1) is 0 Å². The smallest absolute Gasteiger partial charge is 0.373 e. The molecule has 2 fully saturated rings. The Labute approximate surface area is 312 Å². The molecule has 2 aromatic rings. The van der Waals surface area contributed by atoms with Crippen molar-refractivity contribution in [3.63, 3.8) is 0 Å². The van der Waals surface area contributed by atoms with E-state index in [2.05, 4.69) is 87.7 Å². The van der Waals surface area contributed by atoms with Crippen molar-refractivity contribution in [1.29, 1.82) is 0 Å². The van der Waals surface area contributed by atoms with E-state index in [1.165, 1.54) is 5.57 Å². The van der Waals surface area contributed by atoms with Gasteiger partial charge in [-0.05, 0) is 87.1 Å². The molecule has 2 aliphatic rings. The Hall–Kier alpha value is -1.90. The molecule has 5 atom stereocenters. The summed E-state index contributed by atoms with van der Waals surface area (Å²) in [6.07, 6.45) is 9.62. The van der Waals surface area contributed by atoms with Crippen LogP contribution in [0, 0.1) is 11.8 Å². The molecule has 2 aromatic carbocycles. The van der Waals surface area contributed by atoms with Crippen LogP contribution in [0.15, 0.2) is 72.3 Å². The fourth-order valence-corrected chi connectivity index (χ4v) is 12.1. The Morgan fingerprint density at radius 2 is 1.18 bits per heavy atom. The van der Waals surface area contributed by atoms with Gasteiger partial charge in [-0.3, -0.25) is 0 Å². The van der Waals surface area contributed by atoms with E-state index in [9.17, 15) is 9.67 Å². The quantitative estimate of drug-likeness (QED) is 0.164. The van der Waals surface area contributed by atoms with E-state index in [-0.39, 0.29) is 28.4 Å². The summed E-state index contributed by atoms with van der Waals surface area (Å²) in [5.74, 6) is 1.16. The van der Waals surface area contributed by atoms with E-state index in [1.807, 2.05) is 67.6 Å².